The standard InChI is InChI=1S/C13H21N3O3.C10H18N2O2.C5H8.C3H8.2C2H6/c1-4-7-14-13(19)11(17)9(2)15-12(18)10-6-5-8-16(10)3;1-11-10(14)12-9(7-13)8-5-3-2-4-6-8;1-3-5-4-2;1-3-2;2*1-2/h4,9-10H,1,5-8H2,2-3H3,(H,14,19)(H,15,18);7-9H,2-6H2,1H3,(H2,11,12,14);1H,4-5H2,2H3;3H2,1-2H3;2*1-2H3. The van der Waals surface area contributed by atoms with Crippen molar-refractivity contribution in [1.82, 2.24) is 26.2 Å². The van der Waals surface area contributed by atoms with Gasteiger partial charge in [-0.25, -0.2) is 4.79 Å². The van der Waals surface area contributed by atoms with Crippen molar-refractivity contribution in [2.45, 2.75) is 138 Å². The summed E-state index contributed by atoms with van der Waals surface area (Å²) in [7, 11) is 3.43. The lowest BCUT2D eigenvalue weighted by atomic mass is 9.84. The van der Waals surface area contributed by atoms with Crippen LogP contribution in [0, 0.1) is 18.3 Å². The number of rotatable bonds is 10. The molecule has 0 aromatic carbocycles. The first-order valence-corrected chi connectivity index (χ1v) is 16.9. The Morgan fingerprint density at radius 3 is 1.91 bits per heavy atom. The summed E-state index contributed by atoms with van der Waals surface area (Å²) in [5.41, 5.74) is 0. The minimum atomic E-state index is -0.814. The highest BCUT2D eigenvalue weighted by molar-refractivity contribution is 6.38. The number of nitrogens with one attached hydrogen (secondary N) is 4. The van der Waals surface area contributed by atoms with E-state index in [9.17, 15) is 24.0 Å². The van der Waals surface area contributed by atoms with E-state index in [1.54, 1.807) is 7.05 Å². The summed E-state index contributed by atoms with van der Waals surface area (Å²) in [6.45, 7) is 20.4. The topological polar surface area (TPSA) is 137 Å². The summed E-state index contributed by atoms with van der Waals surface area (Å²) in [6.07, 6.45) is 17.9. The number of hydrogen-bond acceptors (Lipinski definition) is 6. The molecule has 1 aliphatic heterocycles. The van der Waals surface area contributed by atoms with Crippen molar-refractivity contribution in [3.8, 4) is 12.3 Å². The normalized spacial score (nSPS) is 16.2. The molecular weight excluding hydrogens is 570 g/mol. The molecule has 0 aromatic heterocycles. The van der Waals surface area contributed by atoms with Crippen LogP contribution in [-0.4, -0.2) is 80.1 Å². The molecule has 1 aliphatic carbocycles. The zero-order chi connectivity index (χ0) is 35.6. The second kappa shape index (κ2) is 35.3. The lowest BCUT2D eigenvalue weighted by molar-refractivity contribution is -0.140. The average Bonchev–Trinajstić information content (AvgIpc) is 3.51. The lowest BCUT2D eigenvalue weighted by Crippen LogP contribution is -2.50. The Kier molecular flexibility index (Phi) is 38.2. The Balaban J connectivity index is -0.000000282. The summed E-state index contributed by atoms with van der Waals surface area (Å²) in [6, 6.07) is -1.60. The van der Waals surface area contributed by atoms with Gasteiger partial charge in [-0.2, -0.15) is 0 Å². The molecule has 10 heteroatoms. The number of carbonyl (C=O) groups excluding carboxylic acids is 5. The van der Waals surface area contributed by atoms with Gasteiger partial charge < -0.3 is 26.1 Å². The van der Waals surface area contributed by atoms with E-state index in [4.69, 9.17) is 6.42 Å². The third-order valence-corrected chi connectivity index (χ3v) is 6.43. The smallest absolute Gasteiger partial charge is 0.315 e. The van der Waals surface area contributed by atoms with Crippen LogP contribution < -0.4 is 21.3 Å². The number of likely N-dealkylation sites (N-methyl/N-ethyl adjacent to an activating group) is 1. The molecule has 0 spiro atoms. The summed E-state index contributed by atoms with van der Waals surface area (Å²) < 4.78 is 0. The number of aldehydes is 1. The van der Waals surface area contributed by atoms with Crippen LogP contribution in [0.1, 0.15) is 120 Å². The predicted octanol–water partition coefficient (Wildman–Crippen LogP) is 5.41. The van der Waals surface area contributed by atoms with E-state index < -0.39 is 17.7 Å². The highest BCUT2D eigenvalue weighted by Crippen LogP contribution is 2.25. The van der Waals surface area contributed by atoms with E-state index in [0.717, 1.165) is 51.4 Å². The van der Waals surface area contributed by atoms with Gasteiger partial charge in [-0.15, -0.1) is 18.9 Å². The van der Waals surface area contributed by atoms with Gasteiger partial charge in [0.1, 0.15) is 6.29 Å². The number of likely N-dealkylation sites (tertiary alicyclic amines) is 1. The highest BCUT2D eigenvalue weighted by Gasteiger charge is 2.31. The number of ketones is 1. The Morgan fingerprint density at radius 1 is 0.978 bits per heavy atom. The predicted molar refractivity (Wildman–Crippen MR) is 188 cm³/mol. The van der Waals surface area contributed by atoms with Crippen LogP contribution in [0.3, 0.4) is 0 Å². The van der Waals surface area contributed by atoms with E-state index in [2.05, 4.69) is 54.5 Å². The van der Waals surface area contributed by atoms with Gasteiger partial charge in [0.2, 0.25) is 11.7 Å². The van der Waals surface area contributed by atoms with Gasteiger partial charge in [-0.05, 0) is 58.5 Å². The molecular formula is C35H67N5O5. The molecule has 10 nitrogen and oxygen atoms in total. The third kappa shape index (κ3) is 25.8. The fourth-order valence-electron chi connectivity index (χ4n) is 4.19. The molecule has 2 rings (SSSR count). The first-order chi connectivity index (χ1) is 21.6. The van der Waals surface area contributed by atoms with Gasteiger partial charge in [-0.1, -0.05) is 80.2 Å². The maximum atomic E-state index is 12.0. The van der Waals surface area contributed by atoms with Gasteiger partial charge in [-0.3, -0.25) is 19.3 Å². The van der Waals surface area contributed by atoms with Crippen LogP contribution >= 0.6 is 0 Å². The van der Waals surface area contributed by atoms with Crippen molar-refractivity contribution in [1.29, 1.82) is 0 Å². The summed E-state index contributed by atoms with van der Waals surface area (Å²) in [5.74, 6) is 1.31. The number of unbranched alkanes of at least 4 members (excludes halogenated alkanes) is 1. The molecule has 2 fully saturated rings. The first-order valence-electron chi connectivity index (χ1n) is 16.9. The van der Waals surface area contributed by atoms with Gasteiger partial charge in [0.15, 0.2) is 0 Å². The molecule has 4 amide bonds. The largest absolute Gasteiger partial charge is 0.346 e. The summed E-state index contributed by atoms with van der Waals surface area (Å²) in [5, 5.41) is 10.1. The molecule has 1 saturated carbocycles. The van der Waals surface area contributed by atoms with Crippen molar-refractivity contribution in [2.75, 3.05) is 27.2 Å². The zero-order valence-corrected chi connectivity index (χ0v) is 30.2. The van der Waals surface area contributed by atoms with E-state index in [0.29, 0.717) is 5.92 Å². The molecule has 2 aliphatic rings. The third-order valence-electron chi connectivity index (χ3n) is 6.43. The SMILES string of the molecule is C#CCCC.C=CCNC(=O)C(=O)C(C)NC(=O)C1CCCN1C.CC.CC.CCC.CNC(=O)NC(C=O)C1CCCCC1. The molecule has 3 atom stereocenters. The second-order valence-electron chi connectivity index (χ2n) is 10.2. The average molecular weight is 638 g/mol. The summed E-state index contributed by atoms with van der Waals surface area (Å²) >= 11 is 0. The van der Waals surface area contributed by atoms with E-state index in [1.165, 1.54) is 38.7 Å². The van der Waals surface area contributed by atoms with E-state index >= 15 is 0 Å². The Morgan fingerprint density at radius 2 is 1.53 bits per heavy atom. The van der Waals surface area contributed by atoms with Gasteiger partial charge >= 0.3 is 6.03 Å². The molecule has 0 radical (unpaired) electrons. The number of urea groups is 1. The molecule has 0 bridgehead atoms. The molecule has 1 saturated heterocycles. The number of Topliss-reactive ketones (excluding diaryl/α,β-unsaturated/α-hetero) is 1. The van der Waals surface area contributed by atoms with Gasteiger partial charge in [0.05, 0.1) is 18.1 Å². The first kappa shape index (κ1) is 48.7. The van der Waals surface area contributed by atoms with Crippen molar-refractivity contribution in [3.05, 3.63) is 12.7 Å². The Bertz CT molecular complexity index is 822. The minimum Gasteiger partial charge on any atom is -0.346 e. The number of nitrogens with zero attached hydrogens (tertiary/aromatic N) is 1. The molecule has 0 aromatic rings. The molecule has 1 heterocycles. The fourth-order valence-corrected chi connectivity index (χ4v) is 4.19. The van der Waals surface area contributed by atoms with Crippen LogP contribution in [0.4, 0.5) is 4.79 Å². The number of hydrogen-bond donors (Lipinski definition) is 4. The van der Waals surface area contributed by atoms with Gasteiger partial charge in [0, 0.05) is 20.0 Å². The molecule has 4 N–H and O–H groups in total. The van der Waals surface area contributed by atoms with Crippen molar-refractivity contribution < 1.29 is 24.0 Å². The van der Waals surface area contributed by atoms with Crippen molar-refractivity contribution >= 4 is 29.9 Å². The maximum Gasteiger partial charge on any atom is 0.315 e. The fraction of sp³-hybridized carbons (Fsp3) is 0.743. The van der Waals surface area contributed by atoms with E-state index in [1.807, 2.05) is 39.6 Å². The highest BCUT2D eigenvalue weighted by atomic mass is 16.2. The number of terminal acetylenes is 1. The summed E-state index contributed by atoms with van der Waals surface area (Å²) in [4.78, 5) is 58.9. The lowest BCUT2D eigenvalue weighted by Gasteiger charge is -2.26. The van der Waals surface area contributed by atoms with Crippen LogP contribution in [0.5, 0.6) is 0 Å². The minimum absolute atomic E-state index is 0.197. The second-order valence-corrected chi connectivity index (χ2v) is 10.2. The van der Waals surface area contributed by atoms with Crippen LogP contribution in [0.15, 0.2) is 12.7 Å². The number of carbonyl (C=O) groups is 5. The zero-order valence-electron chi connectivity index (χ0n) is 30.2. The van der Waals surface area contributed by atoms with Gasteiger partial charge in [0.25, 0.3) is 5.91 Å². The van der Waals surface area contributed by atoms with Crippen molar-refractivity contribution in [2.24, 2.45) is 5.92 Å². The van der Waals surface area contributed by atoms with Crippen LogP contribution in [0.2, 0.25) is 0 Å². The number of amides is 4. The van der Waals surface area contributed by atoms with Crippen molar-refractivity contribution in [3.63, 3.8) is 0 Å². The molecule has 3 unspecified atom stereocenters. The van der Waals surface area contributed by atoms with Crippen LogP contribution in [0.25, 0.3) is 0 Å². The molecule has 45 heavy (non-hydrogen) atoms. The Labute approximate surface area is 275 Å². The maximum absolute atomic E-state index is 12.0. The van der Waals surface area contributed by atoms with Crippen LogP contribution in [-0.2, 0) is 19.2 Å². The quantitative estimate of drug-likeness (QED) is 0.109. The van der Waals surface area contributed by atoms with E-state index in [-0.39, 0.29) is 30.6 Å². The monoisotopic (exact) mass is 638 g/mol. The Hall–Kier alpha value is -3.19. The molecule has 262 valence electrons.